The summed E-state index contributed by atoms with van der Waals surface area (Å²) in [5.41, 5.74) is 0.425. The summed E-state index contributed by atoms with van der Waals surface area (Å²) in [6.45, 7) is 16.6. The molecule has 0 saturated heterocycles. The summed E-state index contributed by atoms with van der Waals surface area (Å²) >= 11 is 0. The molecule has 0 aromatic rings. The second-order valence-corrected chi connectivity index (χ2v) is 6.81. The Hall–Kier alpha value is -0.0800. The lowest BCUT2D eigenvalue weighted by atomic mass is 9.86. The van der Waals surface area contributed by atoms with Gasteiger partial charge in [0.1, 0.15) is 0 Å². The molecule has 1 unspecified atom stereocenters. The van der Waals surface area contributed by atoms with Crippen LogP contribution in [0.25, 0.3) is 0 Å². The molecule has 1 fully saturated rings. The van der Waals surface area contributed by atoms with Crippen molar-refractivity contribution in [3.05, 3.63) is 0 Å². The molecule has 1 aliphatic carbocycles. The fourth-order valence-corrected chi connectivity index (χ4v) is 2.44. The highest BCUT2D eigenvalue weighted by atomic mass is 15.2. The summed E-state index contributed by atoms with van der Waals surface area (Å²) in [5, 5.41) is 3.61. The first-order chi connectivity index (χ1) is 8.50. The minimum Gasteiger partial charge on any atom is -0.316 e. The van der Waals surface area contributed by atoms with Gasteiger partial charge >= 0.3 is 0 Å². The van der Waals surface area contributed by atoms with Gasteiger partial charge in [0.15, 0.2) is 0 Å². The van der Waals surface area contributed by atoms with E-state index < -0.39 is 0 Å². The largest absolute Gasteiger partial charge is 0.316 e. The first-order valence-electron chi connectivity index (χ1n) is 7.95. The van der Waals surface area contributed by atoms with Crippen molar-refractivity contribution in [3.8, 4) is 0 Å². The van der Waals surface area contributed by atoms with Gasteiger partial charge in [-0.15, -0.1) is 0 Å². The Morgan fingerprint density at radius 2 is 1.94 bits per heavy atom. The van der Waals surface area contributed by atoms with Crippen molar-refractivity contribution in [1.82, 2.24) is 10.2 Å². The summed E-state index contributed by atoms with van der Waals surface area (Å²) in [5.74, 6) is 0.997. The van der Waals surface area contributed by atoms with E-state index in [9.17, 15) is 0 Å². The van der Waals surface area contributed by atoms with Gasteiger partial charge in [0.05, 0.1) is 0 Å². The summed E-state index contributed by atoms with van der Waals surface area (Å²) in [7, 11) is 0. The van der Waals surface area contributed by atoms with Gasteiger partial charge in [0.25, 0.3) is 0 Å². The second kappa shape index (κ2) is 7.49. The molecule has 108 valence electrons. The molecular weight excluding hydrogens is 220 g/mol. The Bertz CT molecular complexity index is 223. The molecule has 2 heteroatoms. The third kappa shape index (κ3) is 5.71. The molecule has 0 aliphatic heterocycles. The zero-order valence-electron chi connectivity index (χ0n) is 13.3. The SMILES string of the molecule is CCCNCC(C)(CC)CN(CC1CC1)C(C)C. The van der Waals surface area contributed by atoms with Crippen LogP contribution in [0.1, 0.15) is 60.3 Å². The quantitative estimate of drug-likeness (QED) is 0.600. The number of hydrogen-bond acceptors (Lipinski definition) is 2. The molecule has 0 aromatic carbocycles. The average molecular weight is 254 g/mol. The Kier molecular flexibility index (Phi) is 6.65. The van der Waals surface area contributed by atoms with Gasteiger partial charge in [0.2, 0.25) is 0 Å². The lowest BCUT2D eigenvalue weighted by Gasteiger charge is -2.37. The number of rotatable bonds is 10. The smallest absolute Gasteiger partial charge is 0.00502 e. The van der Waals surface area contributed by atoms with Crippen molar-refractivity contribution >= 4 is 0 Å². The summed E-state index contributed by atoms with van der Waals surface area (Å²) < 4.78 is 0. The highest BCUT2D eigenvalue weighted by molar-refractivity contribution is 4.85. The van der Waals surface area contributed by atoms with Gasteiger partial charge in [-0.1, -0.05) is 20.8 Å². The van der Waals surface area contributed by atoms with Gasteiger partial charge in [0, 0.05) is 25.7 Å². The van der Waals surface area contributed by atoms with Gasteiger partial charge < -0.3 is 10.2 Å². The van der Waals surface area contributed by atoms with E-state index in [-0.39, 0.29) is 0 Å². The predicted molar refractivity (Wildman–Crippen MR) is 81.0 cm³/mol. The first-order valence-corrected chi connectivity index (χ1v) is 7.95. The van der Waals surface area contributed by atoms with Gasteiger partial charge in [-0.25, -0.2) is 0 Å². The second-order valence-electron chi connectivity index (χ2n) is 6.81. The van der Waals surface area contributed by atoms with Crippen molar-refractivity contribution in [3.63, 3.8) is 0 Å². The lowest BCUT2D eigenvalue weighted by molar-refractivity contribution is 0.122. The Labute approximate surface area is 115 Å². The fraction of sp³-hybridized carbons (Fsp3) is 1.00. The van der Waals surface area contributed by atoms with Crippen LogP contribution in [0.3, 0.4) is 0 Å². The van der Waals surface area contributed by atoms with Crippen LogP contribution in [0.15, 0.2) is 0 Å². The molecule has 18 heavy (non-hydrogen) atoms. The maximum absolute atomic E-state index is 3.61. The van der Waals surface area contributed by atoms with Crippen LogP contribution in [0, 0.1) is 11.3 Å². The molecular formula is C16H34N2. The minimum atomic E-state index is 0.425. The summed E-state index contributed by atoms with van der Waals surface area (Å²) in [4.78, 5) is 2.70. The molecule has 0 heterocycles. The van der Waals surface area contributed by atoms with Crippen LogP contribution < -0.4 is 5.32 Å². The van der Waals surface area contributed by atoms with E-state index in [4.69, 9.17) is 0 Å². The topological polar surface area (TPSA) is 15.3 Å². The highest BCUT2D eigenvalue weighted by Crippen LogP contribution is 2.32. The third-order valence-corrected chi connectivity index (χ3v) is 4.34. The van der Waals surface area contributed by atoms with Crippen molar-refractivity contribution in [2.24, 2.45) is 11.3 Å². The molecule has 1 aliphatic rings. The van der Waals surface area contributed by atoms with Gasteiger partial charge in [-0.05, 0) is 57.4 Å². The van der Waals surface area contributed by atoms with Crippen molar-refractivity contribution in [2.45, 2.75) is 66.3 Å². The highest BCUT2D eigenvalue weighted by Gasteiger charge is 2.30. The van der Waals surface area contributed by atoms with Crippen molar-refractivity contribution in [2.75, 3.05) is 26.2 Å². The molecule has 1 saturated carbocycles. The zero-order chi connectivity index (χ0) is 13.6. The van der Waals surface area contributed by atoms with E-state index in [1.54, 1.807) is 0 Å². The van der Waals surface area contributed by atoms with Crippen LogP contribution >= 0.6 is 0 Å². The van der Waals surface area contributed by atoms with Crippen LogP contribution in [-0.4, -0.2) is 37.1 Å². The summed E-state index contributed by atoms with van der Waals surface area (Å²) in [6, 6.07) is 0.683. The van der Waals surface area contributed by atoms with E-state index >= 15 is 0 Å². The Morgan fingerprint density at radius 3 is 2.39 bits per heavy atom. The third-order valence-electron chi connectivity index (χ3n) is 4.34. The standard InChI is InChI=1S/C16H34N2/c1-6-10-17-12-16(5,7-2)13-18(14(3)4)11-15-8-9-15/h14-15,17H,6-13H2,1-5H3. The molecule has 1 rings (SSSR count). The Morgan fingerprint density at radius 1 is 1.28 bits per heavy atom. The van der Waals surface area contributed by atoms with Gasteiger partial charge in [-0.2, -0.15) is 0 Å². The lowest BCUT2D eigenvalue weighted by Crippen LogP contribution is -2.45. The molecule has 1 N–H and O–H groups in total. The average Bonchev–Trinajstić information content (AvgIpc) is 3.12. The molecule has 2 nitrogen and oxygen atoms in total. The zero-order valence-corrected chi connectivity index (χ0v) is 13.3. The van der Waals surface area contributed by atoms with E-state index in [0.29, 0.717) is 11.5 Å². The Balaban J connectivity index is 2.44. The van der Waals surface area contributed by atoms with E-state index in [1.165, 1.54) is 38.8 Å². The maximum atomic E-state index is 3.61. The molecule has 0 radical (unpaired) electrons. The monoisotopic (exact) mass is 254 g/mol. The minimum absolute atomic E-state index is 0.425. The van der Waals surface area contributed by atoms with Crippen molar-refractivity contribution < 1.29 is 0 Å². The van der Waals surface area contributed by atoms with E-state index in [1.807, 2.05) is 0 Å². The van der Waals surface area contributed by atoms with E-state index in [2.05, 4.69) is 44.8 Å². The molecule has 1 atom stereocenters. The van der Waals surface area contributed by atoms with Crippen LogP contribution in [-0.2, 0) is 0 Å². The number of nitrogens with zero attached hydrogens (tertiary/aromatic N) is 1. The normalized spacial score (nSPS) is 19.5. The summed E-state index contributed by atoms with van der Waals surface area (Å²) in [6.07, 6.45) is 5.41. The molecule has 0 spiro atoms. The number of nitrogens with one attached hydrogen (secondary N) is 1. The van der Waals surface area contributed by atoms with Crippen molar-refractivity contribution in [1.29, 1.82) is 0 Å². The molecule has 0 aromatic heterocycles. The van der Waals surface area contributed by atoms with Gasteiger partial charge in [-0.3, -0.25) is 0 Å². The maximum Gasteiger partial charge on any atom is 0.00502 e. The number of hydrogen-bond donors (Lipinski definition) is 1. The first kappa shape index (κ1) is 16.0. The van der Waals surface area contributed by atoms with Crippen LogP contribution in [0.5, 0.6) is 0 Å². The van der Waals surface area contributed by atoms with Crippen LogP contribution in [0.4, 0.5) is 0 Å². The molecule has 0 bridgehead atoms. The van der Waals surface area contributed by atoms with Crippen LogP contribution in [0.2, 0.25) is 0 Å². The van der Waals surface area contributed by atoms with E-state index in [0.717, 1.165) is 19.0 Å². The molecule has 0 amide bonds. The fourth-order valence-electron chi connectivity index (χ4n) is 2.44. The predicted octanol–water partition coefficient (Wildman–Crippen LogP) is 3.52.